The zero-order valence-corrected chi connectivity index (χ0v) is 23.2. The summed E-state index contributed by atoms with van der Waals surface area (Å²) in [7, 11) is 1.95. The predicted molar refractivity (Wildman–Crippen MR) is 139 cm³/mol. The third kappa shape index (κ3) is 2.97. The molecular formula is C31H53NO. The fraction of sp³-hybridized carbons (Fsp3) is 0.968. The lowest BCUT2D eigenvalue weighted by Gasteiger charge is -2.72. The van der Waals surface area contributed by atoms with Crippen LogP contribution in [0.2, 0.25) is 0 Å². The lowest BCUT2D eigenvalue weighted by molar-refractivity contribution is -0.233. The summed E-state index contributed by atoms with van der Waals surface area (Å²) < 4.78 is 5.96. The summed E-state index contributed by atoms with van der Waals surface area (Å²) >= 11 is 0. The van der Waals surface area contributed by atoms with Gasteiger partial charge in [0.15, 0.2) is 0 Å². The van der Waals surface area contributed by atoms with E-state index in [9.17, 15) is 0 Å². The molecule has 9 atom stereocenters. The van der Waals surface area contributed by atoms with E-state index in [0.717, 1.165) is 48.3 Å². The van der Waals surface area contributed by atoms with Gasteiger partial charge >= 0.3 is 0 Å². The highest BCUT2D eigenvalue weighted by atomic mass is 16.5. The molecule has 2 heteroatoms. The number of hydrogen-bond acceptors (Lipinski definition) is 2. The zero-order valence-electron chi connectivity index (χ0n) is 23.2. The standard InChI is InChI=1S/C31H53NO/c1-20(2)21-11-16-31(19-33-8)18-17-29(6)22(26(21)31)9-10-24-28(5)14-13-25(32)27(3,4)23(28)12-15-30(24,29)7/h20-24,26,32H,9-19H2,1-8H3/t21-,22+,23-,24+,26+,28-,29+,30+,31+/m0/s1. The van der Waals surface area contributed by atoms with Crippen LogP contribution in [0.5, 0.6) is 0 Å². The molecule has 0 aliphatic heterocycles. The van der Waals surface area contributed by atoms with Crippen LogP contribution in [-0.4, -0.2) is 19.4 Å². The molecule has 0 unspecified atom stereocenters. The summed E-state index contributed by atoms with van der Waals surface area (Å²) in [5.74, 6) is 4.91. The van der Waals surface area contributed by atoms with Crippen molar-refractivity contribution >= 4 is 5.71 Å². The molecule has 5 saturated carbocycles. The van der Waals surface area contributed by atoms with Crippen LogP contribution in [0.3, 0.4) is 0 Å². The Kier molecular flexibility index (Phi) is 5.58. The van der Waals surface area contributed by atoms with Crippen LogP contribution < -0.4 is 0 Å². The van der Waals surface area contributed by atoms with Crippen LogP contribution in [0.4, 0.5) is 0 Å². The number of fused-ring (bicyclic) bond motifs is 7. The van der Waals surface area contributed by atoms with Gasteiger partial charge in [-0.2, -0.15) is 0 Å². The van der Waals surface area contributed by atoms with E-state index in [2.05, 4.69) is 48.5 Å². The van der Waals surface area contributed by atoms with Gasteiger partial charge in [0.1, 0.15) is 0 Å². The molecule has 1 N–H and O–H groups in total. The summed E-state index contributed by atoms with van der Waals surface area (Å²) in [6, 6.07) is 0. The molecule has 2 nitrogen and oxygen atoms in total. The maximum absolute atomic E-state index is 8.76. The van der Waals surface area contributed by atoms with Crippen LogP contribution in [0.25, 0.3) is 0 Å². The predicted octanol–water partition coefficient (Wildman–Crippen LogP) is 8.39. The monoisotopic (exact) mass is 455 g/mol. The Morgan fingerprint density at radius 3 is 2.24 bits per heavy atom. The molecule has 0 aromatic heterocycles. The van der Waals surface area contributed by atoms with Crippen LogP contribution in [0.15, 0.2) is 0 Å². The average molecular weight is 456 g/mol. The van der Waals surface area contributed by atoms with E-state index in [1.165, 1.54) is 57.8 Å². The van der Waals surface area contributed by atoms with Crippen molar-refractivity contribution in [2.24, 2.45) is 62.6 Å². The molecule has 188 valence electrons. The number of ether oxygens (including phenoxy) is 1. The molecule has 0 bridgehead atoms. The summed E-state index contributed by atoms with van der Waals surface area (Å²) in [6.45, 7) is 19.0. The second-order valence-corrected chi connectivity index (χ2v) is 15.1. The van der Waals surface area contributed by atoms with Gasteiger partial charge in [-0.05, 0) is 121 Å². The van der Waals surface area contributed by atoms with Crippen molar-refractivity contribution in [3.63, 3.8) is 0 Å². The van der Waals surface area contributed by atoms with Gasteiger partial charge in [-0.3, -0.25) is 0 Å². The molecule has 33 heavy (non-hydrogen) atoms. The molecule has 5 aliphatic carbocycles. The smallest absolute Gasteiger partial charge is 0.0521 e. The Labute approximate surface area is 204 Å². The molecule has 5 rings (SSSR count). The van der Waals surface area contributed by atoms with Crippen molar-refractivity contribution in [2.75, 3.05) is 13.7 Å². The van der Waals surface area contributed by atoms with Gasteiger partial charge in [0.2, 0.25) is 0 Å². The Bertz CT molecular complexity index is 801. The number of hydrogen-bond donors (Lipinski definition) is 1. The van der Waals surface area contributed by atoms with Gasteiger partial charge in [-0.15, -0.1) is 0 Å². The van der Waals surface area contributed by atoms with Gasteiger partial charge < -0.3 is 10.1 Å². The highest BCUT2D eigenvalue weighted by Crippen LogP contribution is 2.77. The van der Waals surface area contributed by atoms with E-state index in [-0.39, 0.29) is 5.41 Å². The third-order valence-corrected chi connectivity index (χ3v) is 13.8. The van der Waals surface area contributed by atoms with Crippen molar-refractivity contribution in [1.29, 1.82) is 5.41 Å². The van der Waals surface area contributed by atoms with Gasteiger partial charge in [0, 0.05) is 18.2 Å². The van der Waals surface area contributed by atoms with Crippen LogP contribution in [-0.2, 0) is 4.74 Å². The molecule has 0 saturated heterocycles. The van der Waals surface area contributed by atoms with Gasteiger partial charge in [-0.1, -0.05) is 48.5 Å². The number of methoxy groups -OCH3 is 1. The van der Waals surface area contributed by atoms with Crippen molar-refractivity contribution < 1.29 is 4.74 Å². The van der Waals surface area contributed by atoms with Gasteiger partial charge in [0.05, 0.1) is 6.61 Å². The van der Waals surface area contributed by atoms with E-state index in [4.69, 9.17) is 10.1 Å². The second kappa shape index (κ2) is 7.57. The maximum Gasteiger partial charge on any atom is 0.0521 e. The Morgan fingerprint density at radius 2 is 1.58 bits per heavy atom. The number of rotatable bonds is 3. The normalized spacial score (nSPS) is 53.2. The fourth-order valence-corrected chi connectivity index (χ4v) is 11.9. The first kappa shape index (κ1) is 24.3. The topological polar surface area (TPSA) is 33.1 Å². The lowest BCUT2D eigenvalue weighted by atomic mass is 9.32. The van der Waals surface area contributed by atoms with Crippen LogP contribution in [0.1, 0.15) is 113 Å². The van der Waals surface area contributed by atoms with Crippen LogP contribution in [0, 0.1) is 68.0 Å². The summed E-state index contributed by atoms with van der Waals surface area (Å²) in [5, 5.41) is 8.76. The van der Waals surface area contributed by atoms with E-state index >= 15 is 0 Å². The van der Waals surface area contributed by atoms with Gasteiger partial charge in [-0.25, -0.2) is 0 Å². The third-order valence-electron chi connectivity index (χ3n) is 13.8. The van der Waals surface area contributed by atoms with Crippen molar-refractivity contribution in [3.8, 4) is 0 Å². The summed E-state index contributed by atoms with van der Waals surface area (Å²) in [6.07, 6.45) is 13.5. The first-order valence-corrected chi connectivity index (χ1v) is 14.4. The molecule has 0 spiro atoms. The minimum atomic E-state index is 0.0838. The molecule has 5 fully saturated rings. The SMILES string of the molecule is COC[C@]12CC[C@@H](C(C)C)[C@@H]1[C@H]1CC[C@@H]3[C@@]4(C)CCC(=N)C(C)(C)[C@@H]4CC[C@@]3(C)[C@]1(C)CC2. The van der Waals surface area contributed by atoms with E-state index in [1.54, 1.807) is 0 Å². The Hall–Kier alpha value is -0.370. The molecular weight excluding hydrogens is 402 g/mol. The van der Waals surface area contributed by atoms with E-state index in [0.29, 0.717) is 27.6 Å². The summed E-state index contributed by atoms with van der Waals surface area (Å²) in [5.41, 5.74) is 2.86. The molecule has 0 heterocycles. The highest BCUT2D eigenvalue weighted by Gasteiger charge is 2.70. The summed E-state index contributed by atoms with van der Waals surface area (Å²) in [4.78, 5) is 0. The Morgan fingerprint density at radius 1 is 0.848 bits per heavy atom. The van der Waals surface area contributed by atoms with E-state index < -0.39 is 0 Å². The largest absolute Gasteiger partial charge is 0.384 e. The van der Waals surface area contributed by atoms with Crippen LogP contribution >= 0.6 is 0 Å². The molecule has 0 radical (unpaired) electrons. The van der Waals surface area contributed by atoms with Crippen molar-refractivity contribution in [3.05, 3.63) is 0 Å². The van der Waals surface area contributed by atoms with Crippen molar-refractivity contribution in [1.82, 2.24) is 0 Å². The first-order chi connectivity index (χ1) is 15.4. The zero-order chi connectivity index (χ0) is 24.0. The molecule has 0 aromatic rings. The van der Waals surface area contributed by atoms with Gasteiger partial charge in [0.25, 0.3) is 0 Å². The maximum atomic E-state index is 8.76. The van der Waals surface area contributed by atoms with E-state index in [1.807, 2.05) is 7.11 Å². The molecule has 5 aliphatic rings. The minimum Gasteiger partial charge on any atom is -0.384 e. The first-order valence-electron chi connectivity index (χ1n) is 14.4. The fourth-order valence-electron chi connectivity index (χ4n) is 11.9. The molecule has 0 aromatic carbocycles. The lowest BCUT2D eigenvalue weighted by Crippen LogP contribution is -2.66. The Balaban J connectivity index is 1.54. The average Bonchev–Trinajstić information content (AvgIpc) is 3.12. The minimum absolute atomic E-state index is 0.0838. The quantitative estimate of drug-likeness (QED) is 0.455. The molecule has 0 amide bonds. The number of nitrogens with one attached hydrogen (secondary N) is 1. The van der Waals surface area contributed by atoms with Crippen molar-refractivity contribution in [2.45, 2.75) is 113 Å². The highest BCUT2D eigenvalue weighted by molar-refractivity contribution is 5.88. The second-order valence-electron chi connectivity index (χ2n) is 15.1.